The Morgan fingerprint density at radius 2 is 0.881 bits per heavy atom. The van der Waals surface area contributed by atoms with Crippen molar-refractivity contribution in [3.8, 4) is 0 Å². The van der Waals surface area contributed by atoms with Gasteiger partial charge in [0.1, 0.15) is 23.6 Å². The fraction of sp³-hybridized carbons (Fsp3) is 0.250. The molecule has 4 aromatic rings. The quantitative estimate of drug-likeness (QED) is 0.345. The molecule has 4 amide bonds. The summed E-state index contributed by atoms with van der Waals surface area (Å²) in [7, 11) is 0. The van der Waals surface area contributed by atoms with Crippen LogP contribution in [0, 0.1) is 25.7 Å². The van der Waals surface area contributed by atoms with Crippen LogP contribution in [-0.2, 0) is 19.2 Å². The Balaban J connectivity index is 1.30. The Hall–Kier alpha value is -4.80. The molecule has 4 aliphatic rings. The number of anilines is 2. The Morgan fingerprint density at radius 3 is 1.21 bits per heavy atom. The Kier molecular flexibility index (Phi) is 5.26. The van der Waals surface area contributed by atoms with E-state index >= 15 is 0 Å². The minimum Gasteiger partial charge on any atom is -0.468 e. The van der Waals surface area contributed by atoms with E-state index in [1.54, 1.807) is 58.5 Å². The van der Waals surface area contributed by atoms with Gasteiger partial charge in [-0.15, -0.1) is 0 Å². The van der Waals surface area contributed by atoms with Gasteiger partial charge in [-0.25, -0.2) is 19.8 Å². The number of amides is 4. The molecule has 4 fully saturated rings. The van der Waals surface area contributed by atoms with Crippen LogP contribution in [0.15, 0.2) is 94.2 Å². The second-order valence-corrected chi connectivity index (χ2v) is 11.3. The van der Waals surface area contributed by atoms with Gasteiger partial charge in [-0.3, -0.25) is 19.2 Å². The van der Waals surface area contributed by atoms with E-state index in [1.165, 1.54) is 22.3 Å². The van der Waals surface area contributed by atoms with E-state index in [0.717, 1.165) is 11.1 Å². The Morgan fingerprint density at radius 1 is 0.500 bits per heavy atom. The Labute approximate surface area is 240 Å². The summed E-state index contributed by atoms with van der Waals surface area (Å²) in [4.78, 5) is 59.3. The summed E-state index contributed by atoms with van der Waals surface area (Å²) in [6, 6.07) is 17.8. The first-order valence-corrected chi connectivity index (χ1v) is 13.9. The van der Waals surface area contributed by atoms with Crippen molar-refractivity contribution in [2.24, 2.45) is 11.8 Å². The lowest BCUT2D eigenvalue weighted by Gasteiger charge is -2.34. The van der Waals surface area contributed by atoms with Crippen molar-refractivity contribution in [3.63, 3.8) is 0 Å². The van der Waals surface area contributed by atoms with Gasteiger partial charge in [-0.05, 0) is 62.4 Å². The maximum atomic E-state index is 14.3. The summed E-state index contributed by atoms with van der Waals surface area (Å²) in [6.45, 7) is 3.86. The molecule has 0 unspecified atom stereocenters. The predicted octanol–water partition coefficient (Wildman–Crippen LogP) is 3.93. The first-order valence-electron chi connectivity index (χ1n) is 13.9. The number of furan rings is 2. The molecule has 8 rings (SSSR count). The molecule has 0 radical (unpaired) electrons. The molecule has 10 nitrogen and oxygen atoms in total. The topological polar surface area (TPSA) is 108 Å². The van der Waals surface area contributed by atoms with E-state index in [-0.39, 0.29) is 11.8 Å². The number of hydrogen-bond acceptors (Lipinski definition) is 8. The molecule has 2 aromatic carbocycles. The summed E-state index contributed by atoms with van der Waals surface area (Å²) in [6.07, 6.45) is 3.01. The second-order valence-electron chi connectivity index (χ2n) is 11.3. The maximum absolute atomic E-state index is 14.3. The van der Waals surface area contributed by atoms with Crippen molar-refractivity contribution in [3.05, 3.63) is 108 Å². The molecule has 2 aromatic heterocycles. The van der Waals surface area contributed by atoms with Crippen molar-refractivity contribution >= 4 is 35.0 Å². The van der Waals surface area contributed by atoms with E-state index in [2.05, 4.69) is 0 Å². The summed E-state index contributed by atoms with van der Waals surface area (Å²) in [5, 5.41) is 3.51. The third kappa shape index (κ3) is 3.21. The average molecular weight is 563 g/mol. The van der Waals surface area contributed by atoms with Gasteiger partial charge in [0.15, 0.2) is 0 Å². The van der Waals surface area contributed by atoms with E-state index < -0.39 is 47.8 Å². The smallest absolute Gasteiger partial charge is 0.253 e. The number of imide groups is 2. The van der Waals surface area contributed by atoms with Gasteiger partial charge < -0.3 is 8.83 Å². The second kappa shape index (κ2) is 8.85. The summed E-state index contributed by atoms with van der Waals surface area (Å²) >= 11 is 0. The standard InChI is InChI=1S/C32H26N4O6/c1-17-7-11-19(12-8-17)33-29(37)23-25(21-5-3-15-41-21)36-28-24(26(22-6-4-16-42-22)35(36)27(23)31(33)39)30(38)34(32(28)40)20-13-9-18(2)10-14-20/h3-16,23-28H,1-2H3/t23-,24-,25+,26+,27-,28+/m0/s1. The van der Waals surface area contributed by atoms with Crippen LogP contribution in [0.4, 0.5) is 11.4 Å². The van der Waals surface area contributed by atoms with Crippen molar-refractivity contribution in [1.29, 1.82) is 0 Å². The zero-order chi connectivity index (χ0) is 28.9. The molecule has 10 heteroatoms. The van der Waals surface area contributed by atoms with E-state index in [4.69, 9.17) is 8.83 Å². The minimum absolute atomic E-state index is 0.383. The van der Waals surface area contributed by atoms with Crippen molar-refractivity contribution < 1.29 is 28.0 Å². The summed E-state index contributed by atoms with van der Waals surface area (Å²) in [5.74, 6) is -2.48. The SMILES string of the molecule is Cc1ccc(N2C(=O)[C@@H]3[C@@H](C2=O)N2[C@H](c4ccco4)[C@@H]4C(=O)N(c5ccc(C)cc5)C(=O)[C@@H]4N2[C@@H]3c2ccco2)cc1. The number of hydrogen-bond donors (Lipinski definition) is 0. The van der Waals surface area contributed by atoms with Gasteiger partial charge in [0.2, 0.25) is 11.8 Å². The molecule has 210 valence electrons. The maximum Gasteiger partial charge on any atom is 0.253 e. The van der Waals surface area contributed by atoms with Crippen LogP contribution in [0.2, 0.25) is 0 Å². The molecule has 6 heterocycles. The van der Waals surface area contributed by atoms with Crippen LogP contribution in [0.1, 0.15) is 34.7 Å². The van der Waals surface area contributed by atoms with E-state index in [9.17, 15) is 19.2 Å². The highest BCUT2D eigenvalue weighted by Gasteiger charge is 2.74. The molecule has 0 N–H and O–H groups in total. The van der Waals surface area contributed by atoms with Crippen LogP contribution in [0.3, 0.4) is 0 Å². The highest BCUT2D eigenvalue weighted by Crippen LogP contribution is 2.59. The van der Waals surface area contributed by atoms with Crippen molar-refractivity contribution in [2.45, 2.75) is 38.0 Å². The van der Waals surface area contributed by atoms with E-state index in [0.29, 0.717) is 22.9 Å². The molecule has 4 aliphatic heterocycles. The van der Waals surface area contributed by atoms with Gasteiger partial charge >= 0.3 is 0 Å². The van der Waals surface area contributed by atoms with Crippen LogP contribution in [0.5, 0.6) is 0 Å². The number of rotatable bonds is 4. The molecule has 0 spiro atoms. The molecule has 0 bridgehead atoms. The normalized spacial score (nSPS) is 29.1. The number of fused-ring (bicyclic) bond motifs is 5. The summed E-state index contributed by atoms with van der Waals surface area (Å²) in [5.41, 5.74) is 2.94. The third-order valence-electron chi connectivity index (χ3n) is 8.98. The molecule has 6 atom stereocenters. The zero-order valence-corrected chi connectivity index (χ0v) is 22.8. The van der Waals surface area contributed by atoms with Crippen LogP contribution in [0.25, 0.3) is 0 Å². The zero-order valence-electron chi connectivity index (χ0n) is 22.8. The number of benzene rings is 2. The predicted molar refractivity (Wildman–Crippen MR) is 148 cm³/mol. The van der Waals surface area contributed by atoms with Crippen LogP contribution >= 0.6 is 0 Å². The number of nitrogens with zero attached hydrogens (tertiary/aromatic N) is 4. The van der Waals surface area contributed by atoms with Gasteiger partial charge in [0.25, 0.3) is 11.8 Å². The van der Waals surface area contributed by atoms with Crippen molar-refractivity contribution in [1.82, 2.24) is 10.0 Å². The molecule has 42 heavy (non-hydrogen) atoms. The van der Waals surface area contributed by atoms with Crippen LogP contribution < -0.4 is 9.80 Å². The van der Waals surface area contributed by atoms with Crippen molar-refractivity contribution in [2.75, 3.05) is 9.80 Å². The lowest BCUT2D eigenvalue weighted by atomic mass is 9.87. The molecular weight excluding hydrogens is 536 g/mol. The monoisotopic (exact) mass is 562 g/mol. The number of aryl methyl sites for hydroxylation is 2. The van der Waals surface area contributed by atoms with Gasteiger partial charge in [0, 0.05) is 0 Å². The number of carbonyl (C=O) groups excluding carboxylic acids is 4. The molecule has 4 saturated heterocycles. The highest BCUT2D eigenvalue weighted by atomic mass is 16.3. The number of hydrazine groups is 1. The third-order valence-corrected chi connectivity index (χ3v) is 8.98. The van der Waals surface area contributed by atoms with Crippen LogP contribution in [-0.4, -0.2) is 45.7 Å². The average Bonchev–Trinajstić information content (AvgIpc) is 3.81. The lowest BCUT2D eigenvalue weighted by Crippen LogP contribution is -2.50. The largest absolute Gasteiger partial charge is 0.468 e. The highest BCUT2D eigenvalue weighted by molar-refractivity contribution is 6.26. The van der Waals surface area contributed by atoms with Gasteiger partial charge in [-0.2, -0.15) is 0 Å². The lowest BCUT2D eigenvalue weighted by molar-refractivity contribution is -0.136. The fourth-order valence-electron chi connectivity index (χ4n) is 7.21. The molecule has 0 saturated carbocycles. The van der Waals surface area contributed by atoms with E-state index in [1.807, 2.05) is 38.1 Å². The Bertz CT molecular complexity index is 1600. The summed E-state index contributed by atoms with van der Waals surface area (Å²) < 4.78 is 11.7. The fourth-order valence-corrected chi connectivity index (χ4v) is 7.21. The molecule has 0 aliphatic carbocycles. The van der Waals surface area contributed by atoms with Gasteiger partial charge in [0.05, 0.1) is 47.8 Å². The first kappa shape index (κ1) is 25.0. The molecular formula is C32H26N4O6. The van der Waals surface area contributed by atoms with Gasteiger partial charge in [-0.1, -0.05) is 35.4 Å². The number of carbonyl (C=O) groups is 4. The minimum atomic E-state index is -0.969. The first-order chi connectivity index (χ1) is 20.4.